The van der Waals surface area contributed by atoms with Gasteiger partial charge in [0, 0.05) is 18.7 Å². The molecule has 27 heavy (non-hydrogen) atoms. The average Bonchev–Trinajstić information content (AvgIpc) is 2.59. The lowest BCUT2D eigenvalue weighted by Crippen LogP contribution is -2.48. The molecule has 2 rings (SSSR count). The van der Waals surface area contributed by atoms with E-state index in [1.165, 1.54) is 28.6 Å². The molecule has 0 radical (unpaired) electrons. The normalized spacial score (nSPS) is 21.4. The van der Waals surface area contributed by atoms with Gasteiger partial charge in [-0.1, -0.05) is 0 Å². The fraction of sp³-hybridized carbons (Fsp3) is 0.562. The molecule has 1 aromatic rings. The number of sulfonamides is 1. The third-order valence-corrected chi connectivity index (χ3v) is 5.79. The number of morpholine rings is 1. The van der Waals surface area contributed by atoms with E-state index in [4.69, 9.17) is 10.5 Å². The summed E-state index contributed by atoms with van der Waals surface area (Å²) in [5.41, 5.74) is 4.99. The van der Waals surface area contributed by atoms with E-state index in [1.807, 2.05) is 0 Å². The van der Waals surface area contributed by atoms with E-state index in [0.717, 1.165) is 0 Å². The van der Waals surface area contributed by atoms with Crippen LogP contribution in [0.5, 0.6) is 0 Å². The van der Waals surface area contributed by atoms with Crippen molar-refractivity contribution < 1.29 is 26.7 Å². The van der Waals surface area contributed by atoms with Gasteiger partial charge >= 0.3 is 0 Å². The van der Waals surface area contributed by atoms with Gasteiger partial charge < -0.3 is 15.8 Å². The first-order valence-corrected chi connectivity index (χ1v) is 9.61. The maximum Gasteiger partial charge on any atom is 0.277 e. The standard InChI is InChI=1S/C16H23F2N3O4S.ClH/c1-11-7-21(8-12(2)25-11)26(23,24)14-5-3-13(4-6-14)15(22)20-10-16(17,18)9-19;/h3-6,11-12H,7-10,19H2,1-2H3,(H,20,22);1H. The fourth-order valence-corrected chi connectivity index (χ4v) is 4.23. The molecule has 11 heteroatoms. The molecule has 2 atom stereocenters. The molecule has 1 fully saturated rings. The highest BCUT2D eigenvalue weighted by molar-refractivity contribution is 7.89. The Labute approximate surface area is 163 Å². The van der Waals surface area contributed by atoms with Crippen LogP contribution in [-0.2, 0) is 14.8 Å². The second-order valence-electron chi connectivity index (χ2n) is 6.35. The predicted molar refractivity (Wildman–Crippen MR) is 98.8 cm³/mol. The van der Waals surface area contributed by atoms with Crippen molar-refractivity contribution in [3.63, 3.8) is 0 Å². The molecule has 7 nitrogen and oxygen atoms in total. The van der Waals surface area contributed by atoms with Gasteiger partial charge in [-0.25, -0.2) is 17.2 Å². The Morgan fingerprint density at radius 2 is 1.78 bits per heavy atom. The van der Waals surface area contributed by atoms with E-state index >= 15 is 0 Å². The van der Waals surface area contributed by atoms with Crippen molar-refractivity contribution in [1.82, 2.24) is 9.62 Å². The van der Waals surface area contributed by atoms with Crippen LogP contribution in [0.1, 0.15) is 24.2 Å². The van der Waals surface area contributed by atoms with Crippen LogP contribution in [0.25, 0.3) is 0 Å². The quantitative estimate of drug-likeness (QED) is 0.711. The van der Waals surface area contributed by atoms with Gasteiger partial charge in [-0.2, -0.15) is 4.31 Å². The minimum Gasteiger partial charge on any atom is -0.373 e. The van der Waals surface area contributed by atoms with Gasteiger partial charge in [0.1, 0.15) is 0 Å². The molecule has 0 bridgehead atoms. The molecular weight excluding hydrogens is 404 g/mol. The number of nitrogens with zero attached hydrogens (tertiary/aromatic N) is 1. The van der Waals surface area contributed by atoms with Crippen LogP contribution < -0.4 is 11.1 Å². The van der Waals surface area contributed by atoms with E-state index < -0.39 is 34.9 Å². The van der Waals surface area contributed by atoms with Crippen molar-refractivity contribution in [2.45, 2.75) is 36.9 Å². The van der Waals surface area contributed by atoms with Gasteiger partial charge in [0.25, 0.3) is 11.8 Å². The lowest BCUT2D eigenvalue weighted by molar-refractivity contribution is -0.0440. The van der Waals surface area contributed by atoms with Crippen LogP contribution in [0.2, 0.25) is 0 Å². The molecule has 1 heterocycles. The van der Waals surface area contributed by atoms with Crippen LogP contribution in [0.4, 0.5) is 8.78 Å². The molecule has 0 aromatic heterocycles. The van der Waals surface area contributed by atoms with Crippen LogP contribution in [0, 0.1) is 0 Å². The molecule has 154 valence electrons. The second-order valence-corrected chi connectivity index (χ2v) is 8.28. The monoisotopic (exact) mass is 427 g/mol. The first-order chi connectivity index (χ1) is 12.0. The summed E-state index contributed by atoms with van der Waals surface area (Å²) in [6.45, 7) is 2.31. The maximum absolute atomic E-state index is 13.1. The molecular formula is C16H24ClF2N3O4S. The number of amides is 1. The van der Waals surface area contributed by atoms with E-state index in [2.05, 4.69) is 5.32 Å². The number of hydrogen-bond donors (Lipinski definition) is 2. The zero-order valence-electron chi connectivity index (χ0n) is 15.0. The number of nitrogens with two attached hydrogens (primary N) is 1. The zero-order valence-corrected chi connectivity index (χ0v) is 16.7. The molecule has 0 saturated carbocycles. The molecule has 1 aromatic carbocycles. The van der Waals surface area contributed by atoms with Crippen molar-refractivity contribution in [2.75, 3.05) is 26.2 Å². The SMILES string of the molecule is CC1CN(S(=O)(=O)c2ccc(C(=O)NCC(F)(F)CN)cc2)CC(C)O1.Cl. The molecule has 1 aliphatic rings. The number of nitrogens with one attached hydrogen (secondary N) is 1. The zero-order chi connectivity index (χ0) is 19.5. The number of halogens is 3. The number of rotatable bonds is 6. The Morgan fingerprint density at radius 1 is 1.26 bits per heavy atom. The van der Waals surface area contributed by atoms with Crippen LogP contribution >= 0.6 is 12.4 Å². The van der Waals surface area contributed by atoms with Gasteiger partial charge in [-0.3, -0.25) is 4.79 Å². The Morgan fingerprint density at radius 3 is 2.26 bits per heavy atom. The predicted octanol–water partition coefficient (Wildman–Crippen LogP) is 1.23. The summed E-state index contributed by atoms with van der Waals surface area (Å²) in [6, 6.07) is 5.15. The summed E-state index contributed by atoms with van der Waals surface area (Å²) in [7, 11) is -3.72. The van der Waals surface area contributed by atoms with Crippen LogP contribution in [0.3, 0.4) is 0 Å². The summed E-state index contributed by atoms with van der Waals surface area (Å²) < 4.78 is 58.5. The lowest BCUT2D eigenvalue weighted by Gasteiger charge is -2.34. The number of carbonyl (C=O) groups is 1. The van der Waals surface area contributed by atoms with E-state index in [9.17, 15) is 22.0 Å². The van der Waals surface area contributed by atoms with E-state index in [-0.39, 0.29) is 48.2 Å². The van der Waals surface area contributed by atoms with E-state index in [1.54, 1.807) is 13.8 Å². The fourth-order valence-electron chi connectivity index (χ4n) is 2.64. The summed E-state index contributed by atoms with van der Waals surface area (Å²) in [5.74, 6) is -3.92. The Hall–Kier alpha value is -1.33. The second kappa shape index (κ2) is 9.24. The number of carbonyl (C=O) groups excluding carboxylic acids is 1. The average molecular weight is 428 g/mol. The summed E-state index contributed by atoms with van der Waals surface area (Å²) in [4.78, 5) is 11.9. The van der Waals surface area contributed by atoms with Gasteiger partial charge in [0.05, 0.1) is 30.2 Å². The third-order valence-electron chi connectivity index (χ3n) is 3.95. The van der Waals surface area contributed by atoms with Gasteiger partial charge in [0.15, 0.2) is 0 Å². The highest BCUT2D eigenvalue weighted by Crippen LogP contribution is 2.21. The van der Waals surface area contributed by atoms with Crippen molar-refractivity contribution in [3.8, 4) is 0 Å². The van der Waals surface area contributed by atoms with Gasteiger partial charge in [0.2, 0.25) is 10.0 Å². The summed E-state index contributed by atoms with van der Waals surface area (Å²) >= 11 is 0. The summed E-state index contributed by atoms with van der Waals surface area (Å²) in [5, 5.41) is 2.08. The molecule has 1 amide bonds. The molecule has 1 aliphatic heterocycles. The van der Waals surface area contributed by atoms with Crippen molar-refractivity contribution >= 4 is 28.3 Å². The van der Waals surface area contributed by atoms with Gasteiger partial charge in [-0.05, 0) is 38.1 Å². The van der Waals surface area contributed by atoms with Crippen molar-refractivity contribution in [3.05, 3.63) is 29.8 Å². The minimum absolute atomic E-state index is 0. The molecule has 0 spiro atoms. The van der Waals surface area contributed by atoms with Crippen molar-refractivity contribution in [2.24, 2.45) is 5.73 Å². The third kappa shape index (κ3) is 6.08. The Kier molecular flexibility index (Phi) is 8.12. The smallest absolute Gasteiger partial charge is 0.277 e. The highest BCUT2D eigenvalue weighted by atomic mass is 35.5. The molecule has 1 saturated heterocycles. The molecule has 0 aliphatic carbocycles. The van der Waals surface area contributed by atoms with Crippen molar-refractivity contribution in [1.29, 1.82) is 0 Å². The number of ether oxygens (including phenoxy) is 1. The first kappa shape index (κ1) is 23.7. The summed E-state index contributed by atoms with van der Waals surface area (Å²) in [6.07, 6.45) is -0.439. The molecule has 2 unspecified atom stereocenters. The number of hydrogen-bond acceptors (Lipinski definition) is 5. The minimum atomic E-state index is -3.72. The first-order valence-electron chi connectivity index (χ1n) is 8.17. The van der Waals surface area contributed by atoms with Gasteiger partial charge in [-0.15, -0.1) is 12.4 Å². The number of alkyl halides is 2. The van der Waals surface area contributed by atoms with Crippen LogP contribution in [0.15, 0.2) is 29.2 Å². The molecule has 3 N–H and O–H groups in total. The number of benzene rings is 1. The Bertz CT molecular complexity index is 737. The topological polar surface area (TPSA) is 102 Å². The maximum atomic E-state index is 13.1. The van der Waals surface area contributed by atoms with E-state index in [0.29, 0.717) is 0 Å². The lowest BCUT2D eigenvalue weighted by atomic mass is 10.2. The largest absolute Gasteiger partial charge is 0.373 e. The van der Waals surface area contributed by atoms with Crippen LogP contribution in [-0.4, -0.2) is 62.9 Å². The Balaban J connectivity index is 0.00000364. The highest BCUT2D eigenvalue weighted by Gasteiger charge is 2.32.